The Kier molecular flexibility index (Phi) is 3.12. The number of nitrogens with zero attached hydrogens (tertiary/aromatic N) is 3. The first-order chi connectivity index (χ1) is 8.86. The third kappa shape index (κ3) is 2.16. The molecule has 0 unspecified atom stereocenters. The Morgan fingerprint density at radius 3 is 2.94 bits per heavy atom. The molecule has 0 aromatic carbocycles. The Morgan fingerprint density at radius 2 is 2.17 bits per heavy atom. The first kappa shape index (κ1) is 11.4. The van der Waals surface area contributed by atoms with Crippen LogP contribution in [0.4, 0.5) is 5.95 Å². The molecule has 0 aliphatic heterocycles. The van der Waals surface area contributed by atoms with Crippen LogP contribution in [0.5, 0.6) is 0 Å². The molecule has 1 N–H and O–H groups in total. The van der Waals surface area contributed by atoms with Crippen LogP contribution in [0, 0.1) is 0 Å². The highest BCUT2D eigenvalue weighted by Crippen LogP contribution is 2.33. The van der Waals surface area contributed by atoms with Gasteiger partial charge in [-0.05, 0) is 35.3 Å². The molecule has 3 heterocycles. The van der Waals surface area contributed by atoms with Gasteiger partial charge >= 0.3 is 0 Å². The van der Waals surface area contributed by atoms with E-state index >= 15 is 0 Å². The second-order valence-electron chi connectivity index (χ2n) is 3.51. The number of anilines is 1. The zero-order valence-electron chi connectivity index (χ0n) is 9.62. The van der Waals surface area contributed by atoms with Gasteiger partial charge in [-0.3, -0.25) is 0 Å². The lowest BCUT2D eigenvalue weighted by Crippen LogP contribution is -1.97. The Bertz CT molecular complexity index is 666. The average Bonchev–Trinajstić information content (AvgIpc) is 2.88. The van der Waals surface area contributed by atoms with E-state index in [4.69, 9.17) is 0 Å². The third-order valence-electron chi connectivity index (χ3n) is 2.35. The molecule has 18 heavy (non-hydrogen) atoms. The van der Waals surface area contributed by atoms with Crippen molar-refractivity contribution in [3.8, 4) is 0 Å². The van der Waals surface area contributed by atoms with Gasteiger partial charge in [0.05, 0.1) is 0 Å². The van der Waals surface area contributed by atoms with Crippen molar-refractivity contribution < 1.29 is 0 Å². The number of hydrogen-bond donors (Lipinski definition) is 1. The van der Waals surface area contributed by atoms with Crippen molar-refractivity contribution in [2.45, 2.75) is 10.1 Å². The Balaban J connectivity index is 2.07. The first-order valence-corrected chi connectivity index (χ1v) is 7.08. The monoisotopic (exact) mass is 274 g/mol. The lowest BCUT2D eigenvalue weighted by molar-refractivity contribution is 1.08. The molecule has 0 amide bonds. The van der Waals surface area contributed by atoms with E-state index in [2.05, 4.69) is 20.3 Å². The van der Waals surface area contributed by atoms with Crippen molar-refractivity contribution in [2.75, 3.05) is 12.4 Å². The van der Waals surface area contributed by atoms with Crippen molar-refractivity contribution in [1.82, 2.24) is 15.0 Å². The van der Waals surface area contributed by atoms with Gasteiger partial charge in [0.25, 0.3) is 0 Å². The number of fused-ring (bicyclic) bond motifs is 1. The van der Waals surface area contributed by atoms with E-state index in [1.54, 1.807) is 29.3 Å². The van der Waals surface area contributed by atoms with E-state index < -0.39 is 0 Å². The van der Waals surface area contributed by atoms with Crippen LogP contribution < -0.4 is 5.32 Å². The largest absolute Gasteiger partial charge is 0.357 e. The summed E-state index contributed by atoms with van der Waals surface area (Å²) in [5.41, 5.74) is 0. The highest BCUT2D eigenvalue weighted by Gasteiger charge is 2.10. The van der Waals surface area contributed by atoms with E-state index in [0.29, 0.717) is 5.95 Å². The molecule has 6 heteroatoms. The zero-order chi connectivity index (χ0) is 12.4. The highest BCUT2D eigenvalue weighted by atomic mass is 32.2. The first-order valence-electron chi connectivity index (χ1n) is 5.38. The van der Waals surface area contributed by atoms with E-state index in [1.165, 1.54) is 0 Å². The summed E-state index contributed by atoms with van der Waals surface area (Å²) in [7, 11) is 1.82. The predicted octanol–water partition coefficient (Wildman–Crippen LogP) is 3.28. The Labute approximate surface area is 113 Å². The van der Waals surface area contributed by atoms with Crippen LogP contribution in [0.3, 0.4) is 0 Å². The maximum absolute atomic E-state index is 4.49. The fraction of sp³-hybridized carbons (Fsp3) is 0.0833. The zero-order valence-corrected chi connectivity index (χ0v) is 11.3. The van der Waals surface area contributed by atoms with Crippen molar-refractivity contribution in [1.29, 1.82) is 0 Å². The minimum absolute atomic E-state index is 0.642. The smallest absolute Gasteiger partial charge is 0.224 e. The van der Waals surface area contributed by atoms with Gasteiger partial charge in [-0.25, -0.2) is 15.0 Å². The standard InChI is InChI=1S/C12H10N4S2/c1-13-12-15-10-8(5-7-17-10)11(16-12)18-9-4-2-3-6-14-9/h2-7H,1H3,(H,13,15,16). The van der Waals surface area contributed by atoms with Crippen molar-refractivity contribution in [2.24, 2.45) is 0 Å². The average molecular weight is 274 g/mol. The fourth-order valence-corrected chi connectivity index (χ4v) is 3.22. The molecule has 0 aliphatic carbocycles. The van der Waals surface area contributed by atoms with Crippen LogP contribution in [0.25, 0.3) is 10.2 Å². The van der Waals surface area contributed by atoms with Crippen LogP contribution in [-0.4, -0.2) is 22.0 Å². The molecule has 4 nitrogen and oxygen atoms in total. The molecule has 0 atom stereocenters. The lowest BCUT2D eigenvalue weighted by Gasteiger charge is -2.04. The van der Waals surface area contributed by atoms with Crippen LogP contribution in [-0.2, 0) is 0 Å². The lowest BCUT2D eigenvalue weighted by atomic mass is 10.4. The van der Waals surface area contributed by atoms with Gasteiger partial charge in [-0.15, -0.1) is 11.3 Å². The van der Waals surface area contributed by atoms with Crippen LogP contribution in [0.15, 0.2) is 45.9 Å². The quantitative estimate of drug-likeness (QED) is 0.743. The van der Waals surface area contributed by atoms with Crippen LogP contribution in [0.2, 0.25) is 0 Å². The summed E-state index contributed by atoms with van der Waals surface area (Å²) in [5.74, 6) is 0.642. The third-order valence-corrected chi connectivity index (χ3v) is 4.11. The molecule has 0 radical (unpaired) electrons. The normalized spacial score (nSPS) is 10.7. The SMILES string of the molecule is CNc1nc(Sc2ccccn2)c2ccsc2n1. The number of rotatable bonds is 3. The number of thiophene rings is 1. The number of aromatic nitrogens is 3. The molecule has 0 saturated carbocycles. The molecule has 0 saturated heterocycles. The topological polar surface area (TPSA) is 50.7 Å². The highest BCUT2D eigenvalue weighted by molar-refractivity contribution is 7.99. The summed E-state index contributed by atoms with van der Waals surface area (Å²) in [5, 5.41) is 7.96. The summed E-state index contributed by atoms with van der Waals surface area (Å²) in [6.07, 6.45) is 1.79. The van der Waals surface area contributed by atoms with Gasteiger partial charge in [0.2, 0.25) is 5.95 Å². The van der Waals surface area contributed by atoms with E-state index in [0.717, 1.165) is 20.3 Å². The van der Waals surface area contributed by atoms with E-state index in [-0.39, 0.29) is 0 Å². The minimum Gasteiger partial charge on any atom is -0.357 e. The molecule has 90 valence electrons. The van der Waals surface area contributed by atoms with Crippen molar-refractivity contribution in [3.63, 3.8) is 0 Å². The van der Waals surface area contributed by atoms with Gasteiger partial charge in [0, 0.05) is 18.6 Å². The number of pyridine rings is 1. The van der Waals surface area contributed by atoms with Gasteiger partial charge < -0.3 is 5.32 Å². The Morgan fingerprint density at radius 1 is 1.22 bits per heavy atom. The molecule has 3 rings (SSSR count). The van der Waals surface area contributed by atoms with Crippen LogP contribution >= 0.6 is 23.1 Å². The molecule has 0 fully saturated rings. The molecule has 3 aromatic heterocycles. The van der Waals surface area contributed by atoms with Gasteiger partial charge in [-0.2, -0.15) is 0 Å². The second-order valence-corrected chi connectivity index (χ2v) is 5.42. The fourth-order valence-electron chi connectivity index (χ4n) is 1.52. The molecular formula is C12H10N4S2. The molecular weight excluding hydrogens is 264 g/mol. The number of nitrogens with one attached hydrogen (secondary N) is 1. The van der Waals surface area contributed by atoms with Crippen LogP contribution in [0.1, 0.15) is 0 Å². The second kappa shape index (κ2) is 4.91. The summed E-state index contributed by atoms with van der Waals surface area (Å²) >= 11 is 3.17. The van der Waals surface area contributed by atoms with Crippen molar-refractivity contribution >= 4 is 39.3 Å². The summed E-state index contributed by atoms with van der Waals surface area (Å²) in [6, 6.07) is 7.90. The molecule has 3 aromatic rings. The molecule has 0 aliphatic rings. The maximum atomic E-state index is 4.49. The molecule has 0 spiro atoms. The van der Waals surface area contributed by atoms with Gasteiger partial charge in [-0.1, -0.05) is 6.07 Å². The van der Waals surface area contributed by atoms with Gasteiger partial charge in [0.1, 0.15) is 14.9 Å². The minimum atomic E-state index is 0.642. The Hall–Kier alpha value is -1.66. The predicted molar refractivity (Wildman–Crippen MR) is 75.3 cm³/mol. The van der Waals surface area contributed by atoms with E-state index in [1.807, 2.05) is 36.7 Å². The summed E-state index contributed by atoms with van der Waals surface area (Å²) in [6.45, 7) is 0. The maximum Gasteiger partial charge on any atom is 0.224 e. The van der Waals surface area contributed by atoms with Crippen molar-refractivity contribution in [3.05, 3.63) is 35.8 Å². The summed E-state index contributed by atoms with van der Waals surface area (Å²) < 4.78 is 0. The molecule has 0 bridgehead atoms. The van der Waals surface area contributed by atoms with Gasteiger partial charge in [0.15, 0.2) is 0 Å². The summed E-state index contributed by atoms with van der Waals surface area (Å²) in [4.78, 5) is 14.2. The number of hydrogen-bond acceptors (Lipinski definition) is 6. The van der Waals surface area contributed by atoms with E-state index in [9.17, 15) is 0 Å².